The van der Waals surface area contributed by atoms with E-state index in [-0.39, 0.29) is 12.6 Å². The van der Waals surface area contributed by atoms with E-state index in [4.69, 9.17) is 20.8 Å². The molecule has 0 bridgehead atoms. The molecule has 0 aliphatic carbocycles. The lowest BCUT2D eigenvalue weighted by molar-refractivity contribution is 0.276. The SMILES string of the molecule is N#Cc1sccc1COc1ccc(C(N)CCO)cc1. The Kier molecular flexibility index (Phi) is 5.13. The highest BCUT2D eigenvalue weighted by molar-refractivity contribution is 7.10. The third-order valence-electron chi connectivity index (χ3n) is 2.99. The third-order valence-corrected chi connectivity index (χ3v) is 3.85. The van der Waals surface area contributed by atoms with Crippen molar-refractivity contribution >= 4 is 11.3 Å². The number of nitrogens with zero attached hydrogens (tertiary/aromatic N) is 1. The lowest BCUT2D eigenvalue weighted by Crippen LogP contribution is -2.11. The maximum absolute atomic E-state index is 8.92. The van der Waals surface area contributed by atoms with Gasteiger partial charge in [0, 0.05) is 18.2 Å². The molecule has 1 atom stereocenters. The van der Waals surface area contributed by atoms with Crippen LogP contribution in [-0.4, -0.2) is 11.7 Å². The summed E-state index contributed by atoms with van der Waals surface area (Å²) in [7, 11) is 0. The van der Waals surface area contributed by atoms with Crippen LogP contribution >= 0.6 is 11.3 Å². The molecule has 0 spiro atoms. The second-order valence-corrected chi connectivity index (χ2v) is 5.28. The summed E-state index contributed by atoms with van der Waals surface area (Å²) in [5.74, 6) is 0.736. The highest BCUT2D eigenvalue weighted by Gasteiger charge is 2.07. The van der Waals surface area contributed by atoms with Crippen molar-refractivity contribution in [3.05, 3.63) is 51.7 Å². The van der Waals surface area contributed by atoms with Gasteiger partial charge >= 0.3 is 0 Å². The van der Waals surface area contributed by atoms with Gasteiger partial charge in [0.15, 0.2) is 0 Å². The molecule has 1 aromatic heterocycles. The molecule has 0 amide bonds. The van der Waals surface area contributed by atoms with E-state index in [1.54, 1.807) is 0 Å². The number of rotatable bonds is 6. The minimum absolute atomic E-state index is 0.0779. The van der Waals surface area contributed by atoms with Crippen LogP contribution < -0.4 is 10.5 Å². The van der Waals surface area contributed by atoms with Gasteiger partial charge in [0.2, 0.25) is 0 Å². The fourth-order valence-corrected chi connectivity index (χ4v) is 2.52. The highest BCUT2D eigenvalue weighted by Crippen LogP contribution is 2.21. The van der Waals surface area contributed by atoms with Gasteiger partial charge in [-0.05, 0) is 35.6 Å². The van der Waals surface area contributed by atoms with Crippen molar-refractivity contribution < 1.29 is 9.84 Å². The lowest BCUT2D eigenvalue weighted by Gasteiger charge is -2.11. The highest BCUT2D eigenvalue weighted by atomic mass is 32.1. The molecule has 2 aromatic rings. The van der Waals surface area contributed by atoms with Crippen LogP contribution in [0.4, 0.5) is 0 Å². The summed E-state index contributed by atoms with van der Waals surface area (Å²) in [6.07, 6.45) is 0.542. The normalized spacial score (nSPS) is 11.8. The molecule has 0 saturated heterocycles. The van der Waals surface area contributed by atoms with Crippen LogP contribution in [0.5, 0.6) is 5.75 Å². The van der Waals surface area contributed by atoms with E-state index in [9.17, 15) is 0 Å². The number of hydrogen-bond acceptors (Lipinski definition) is 5. The summed E-state index contributed by atoms with van der Waals surface area (Å²) in [5.41, 5.74) is 7.78. The molecule has 20 heavy (non-hydrogen) atoms. The zero-order valence-electron chi connectivity index (χ0n) is 11.0. The number of benzene rings is 1. The van der Waals surface area contributed by atoms with E-state index in [1.165, 1.54) is 11.3 Å². The lowest BCUT2D eigenvalue weighted by atomic mass is 10.1. The van der Waals surface area contributed by atoms with Crippen LogP contribution in [0.2, 0.25) is 0 Å². The number of aliphatic hydroxyl groups is 1. The molecule has 0 aliphatic heterocycles. The molecule has 4 nitrogen and oxygen atoms in total. The summed E-state index contributed by atoms with van der Waals surface area (Å²) >= 11 is 1.42. The number of nitrogens with two attached hydrogens (primary N) is 1. The largest absolute Gasteiger partial charge is 0.489 e. The molecule has 2 rings (SSSR count). The Hall–Kier alpha value is -1.87. The summed E-state index contributed by atoms with van der Waals surface area (Å²) in [5, 5.41) is 19.7. The Bertz CT molecular complexity index is 587. The summed E-state index contributed by atoms with van der Waals surface area (Å²) < 4.78 is 5.65. The van der Waals surface area contributed by atoms with E-state index < -0.39 is 0 Å². The minimum atomic E-state index is -0.156. The van der Waals surface area contributed by atoms with Gasteiger partial charge in [0.05, 0.1) is 0 Å². The molecular weight excluding hydrogens is 272 g/mol. The fraction of sp³-hybridized carbons (Fsp3) is 0.267. The predicted molar refractivity (Wildman–Crippen MR) is 78.4 cm³/mol. The molecule has 3 N–H and O–H groups in total. The van der Waals surface area contributed by atoms with Crippen LogP contribution in [0.3, 0.4) is 0 Å². The van der Waals surface area contributed by atoms with Gasteiger partial charge in [0.1, 0.15) is 23.3 Å². The van der Waals surface area contributed by atoms with Gasteiger partial charge < -0.3 is 15.6 Å². The van der Waals surface area contributed by atoms with Crippen LogP contribution in [0.15, 0.2) is 35.7 Å². The van der Waals surface area contributed by atoms with Crippen molar-refractivity contribution in [3.8, 4) is 11.8 Å². The second kappa shape index (κ2) is 7.06. The number of thiophene rings is 1. The first-order valence-corrected chi connectivity index (χ1v) is 7.18. The van der Waals surface area contributed by atoms with Crippen molar-refractivity contribution in [2.24, 2.45) is 5.73 Å². The van der Waals surface area contributed by atoms with Crippen molar-refractivity contribution in [1.82, 2.24) is 0 Å². The predicted octanol–water partition coefficient (Wildman–Crippen LogP) is 2.58. The van der Waals surface area contributed by atoms with Gasteiger partial charge in [-0.25, -0.2) is 0 Å². The van der Waals surface area contributed by atoms with E-state index in [2.05, 4.69) is 6.07 Å². The molecule has 5 heteroatoms. The van der Waals surface area contributed by atoms with Gasteiger partial charge in [-0.2, -0.15) is 5.26 Å². The van der Waals surface area contributed by atoms with Crippen LogP contribution in [0, 0.1) is 11.3 Å². The molecule has 0 aliphatic rings. The van der Waals surface area contributed by atoms with Crippen molar-refractivity contribution in [1.29, 1.82) is 5.26 Å². The van der Waals surface area contributed by atoms with E-state index in [1.807, 2.05) is 35.7 Å². The van der Waals surface area contributed by atoms with Crippen LogP contribution in [0.1, 0.15) is 28.5 Å². The molecule has 1 unspecified atom stereocenters. The van der Waals surface area contributed by atoms with Gasteiger partial charge in [0.25, 0.3) is 0 Å². The number of nitriles is 1. The Balaban J connectivity index is 1.96. The van der Waals surface area contributed by atoms with Gasteiger partial charge in [-0.15, -0.1) is 11.3 Å². The molecule has 0 saturated carbocycles. The topological polar surface area (TPSA) is 79.3 Å². The standard InChI is InChI=1S/C15H16N2O2S/c16-9-15-12(6-8-20-15)10-19-13-3-1-11(2-4-13)14(17)5-7-18/h1-4,6,8,14,18H,5,7,10,17H2. The number of hydrogen-bond donors (Lipinski definition) is 2. The summed E-state index contributed by atoms with van der Waals surface area (Å²) in [6.45, 7) is 0.461. The van der Waals surface area contributed by atoms with Crippen molar-refractivity contribution in [3.63, 3.8) is 0 Å². The van der Waals surface area contributed by atoms with Gasteiger partial charge in [-0.3, -0.25) is 0 Å². The smallest absolute Gasteiger partial charge is 0.119 e. The Labute approximate surface area is 122 Å². The molecule has 0 radical (unpaired) electrons. The quantitative estimate of drug-likeness (QED) is 0.856. The molecular formula is C15H16N2O2S. The first-order chi connectivity index (χ1) is 9.74. The van der Waals surface area contributed by atoms with E-state index in [0.717, 1.165) is 16.9 Å². The summed E-state index contributed by atoms with van der Waals surface area (Å²) in [4.78, 5) is 0.687. The Morgan fingerprint density at radius 3 is 2.70 bits per heavy atom. The minimum Gasteiger partial charge on any atom is -0.489 e. The average Bonchev–Trinajstić information content (AvgIpc) is 2.93. The second-order valence-electron chi connectivity index (χ2n) is 4.36. The first-order valence-electron chi connectivity index (χ1n) is 6.30. The van der Waals surface area contributed by atoms with Crippen LogP contribution in [0.25, 0.3) is 0 Å². The van der Waals surface area contributed by atoms with Crippen LogP contribution in [-0.2, 0) is 6.61 Å². The monoisotopic (exact) mass is 288 g/mol. The Morgan fingerprint density at radius 2 is 2.05 bits per heavy atom. The Morgan fingerprint density at radius 1 is 1.30 bits per heavy atom. The summed E-state index contributed by atoms with van der Waals surface area (Å²) in [6, 6.07) is 11.4. The molecule has 1 aromatic carbocycles. The first kappa shape index (κ1) is 14.5. The van der Waals surface area contributed by atoms with E-state index in [0.29, 0.717) is 17.9 Å². The van der Waals surface area contributed by atoms with Crippen molar-refractivity contribution in [2.45, 2.75) is 19.1 Å². The fourth-order valence-electron chi connectivity index (χ4n) is 1.83. The molecule has 104 valence electrons. The number of ether oxygens (including phenoxy) is 1. The average molecular weight is 288 g/mol. The zero-order chi connectivity index (χ0) is 14.4. The van der Waals surface area contributed by atoms with E-state index >= 15 is 0 Å². The maximum atomic E-state index is 8.92. The van der Waals surface area contributed by atoms with Crippen molar-refractivity contribution in [2.75, 3.05) is 6.61 Å². The third kappa shape index (κ3) is 3.58. The molecule has 0 fully saturated rings. The number of aliphatic hydroxyl groups excluding tert-OH is 1. The molecule has 1 heterocycles. The zero-order valence-corrected chi connectivity index (χ0v) is 11.8. The van der Waals surface area contributed by atoms with Gasteiger partial charge in [-0.1, -0.05) is 12.1 Å². The maximum Gasteiger partial charge on any atom is 0.119 e.